The fourth-order valence-corrected chi connectivity index (χ4v) is 3.27. The van der Waals surface area contributed by atoms with Crippen LogP contribution in [-0.2, 0) is 4.74 Å². The Kier molecular flexibility index (Phi) is 6.51. The standard InChI is InChI=1S/C18H36N2O/c1-14(2)16(5)13-21-18-11-19(12-18)10-17-6-8-20(9-7-17)15(3)4/h14-18H,6-13H2,1-5H3. The maximum Gasteiger partial charge on any atom is 0.0828 e. The second-order valence-corrected chi connectivity index (χ2v) is 7.97. The number of piperidine rings is 1. The fourth-order valence-electron chi connectivity index (χ4n) is 3.27. The Bertz CT molecular complexity index is 292. The van der Waals surface area contributed by atoms with Gasteiger partial charge in [-0.25, -0.2) is 0 Å². The van der Waals surface area contributed by atoms with E-state index in [1.165, 1.54) is 32.5 Å². The van der Waals surface area contributed by atoms with Crippen LogP contribution in [0.3, 0.4) is 0 Å². The van der Waals surface area contributed by atoms with Gasteiger partial charge in [0, 0.05) is 32.3 Å². The summed E-state index contributed by atoms with van der Waals surface area (Å²) in [4.78, 5) is 5.21. The normalized spacial score (nSPS) is 24.7. The van der Waals surface area contributed by atoms with Crippen molar-refractivity contribution in [2.24, 2.45) is 17.8 Å². The van der Waals surface area contributed by atoms with Gasteiger partial charge < -0.3 is 9.64 Å². The van der Waals surface area contributed by atoms with E-state index in [1.54, 1.807) is 0 Å². The Balaban J connectivity index is 1.55. The lowest BCUT2D eigenvalue weighted by molar-refractivity contribution is -0.0746. The highest BCUT2D eigenvalue weighted by Gasteiger charge is 2.31. The average Bonchev–Trinajstić information content (AvgIpc) is 2.41. The van der Waals surface area contributed by atoms with Crippen LogP contribution in [0.25, 0.3) is 0 Å². The van der Waals surface area contributed by atoms with Gasteiger partial charge in [0.1, 0.15) is 0 Å². The first-order valence-corrected chi connectivity index (χ1v) is 9.03. The lowest BCUT2D eigenvalue weighted by Crippen LogP contribution is -2.54. The van der Waals surface area contributed by atoms with E-state index in [-0.39, 0.29) is 0 Å². The zero-order valence-corrected chi connectivity index (χ0v) is 14.8. The van der Waals surface area contributed by atoms with E-state index in [0.717, 1.165) is 37.6 Å². The van der Waals surface area contributed by atoms with Crippen LogP contribution in [0, 0.1) is 17.8 Å². The van der Waals surface area contributed by atoms with E-state index in [2.05, 4.69) is 44.4 Å². The maximum absolute atomic E-state index is 6.02. The molecule has 0 aliphatic carbocycles. The average molecular weight is 296 g/mol. The minimum Gasteiger partial charge on any atom is -0.375 e. The molecular weight excluding hydrogens is 260 g/mol. The van der Waals surface area contributed by atoms with Crippen molar-refractivity contribution in [1.29, 1.82) is 0 Å². The number of likely N-dealkylation sites (tertiary alicyclic amines) is 2. The van der Waals surface area contributed by atoms with Gasteiger partial charge in [0.15, 0.2) is 0 Å². The van der Waals surface area contributed by atoms with Crippen molar-refractivity contribution in [1.82, 2.24) is 9.80 Å². The molecule has 21 heavy (non-hydrogen) atoms. The van der Waals surface area contributed by atoms with Crippen LogP contribution in [0.2, 0.25) is 0 Å². The van der Waals surface area contributed by atoms with Crippen LogP contribution in [0.4, 0.5) is 0 Å². The van der Waals surface area contributed by atoms with Gasteiger partial charge in [-0.3, -0.25) is 4.90 Å². The number of hydrogen-bond acceptors (Lipinski definition) is 3. The zero-order valence-electron chi connectivity index (χ0n) is 14.8. The van der Waals surface area contributed by atoms with Crippen molar-refractivity contribution in [2.75, 3.05) is 39.3 Å². The summed E-state index contributed by atoms with van der Waals surface area (Å²) < 4.78 is 6.02. The molecule has 0 spiro atoms. The molecule has 124 valence electrons. The third kappa shape index (κ3) is 5.22. The maximum atomic E-state index is 6.02. The highest BCUT2D eigenvalue weighted by Crippen LogP contribution is 2.23. The van der Waals surface area contributed by atoms with E-state index < -0.39 is 0 Å². The molecule has 0 amide bonds. The van der Waals surface area contributed by atoms with Crippen molar-refractivity contribution in [3.05, 3.63) is 0 Å². The van der Waals surface area contributed by atoms with Crippen LogP contribution in [-0.4, -0.2) is 61.3 Å². The number of hydrogen-bond donors (Lipinski definition) is 0. The molecule has 3 heteroatoms. The quantitative estimate of drug-likeness (QED) is 0.718. The summed E-state index contributed by atoms with van der Waals surface area (Å²) in [6, 6.07) is 0.718. The van der Waals surface area contributed by atoms with E-state index in [4.69, 9.17) is 4.74 Å². The summed E-state index contributed by atoms with van der Waals surface area (Å²) >= 11 is 0. The Hall–Kier alpha value is -0.120. The van der Waals surface area contributed by atoms with Gasteiger partial charge in [0.05, 0.1) is 6.10 Å². The predicted octanol–water partition coefficient (Wildman–Crippen LogP) is 3.10. The zero-order chi connectivity index (χ0) is 15.4. The summed E-state index contributed by atoms with van der Waals surface area (Å²) in [5.41, 5.74) is 0. The van der Waals surface area contributed by atoms with Gasteiger partial charge in [-0.05, 0) is 57.5 Å². The SMILES string of the molecule is CC(C)C(C)COC1CN(CC2CCN(C(C)C)CC2)C1. The van der Waals surface area contributed by atoms with Gasteiger partial charge in [0.25, 0.3) is 0 Å². The lowest BCUT2D eigenvalue weighted by Gasteiger charge is -2.43. The first-order chi connectivity index (χ1) is 9.95. The molecule has 0 saturated carbocycles. The second kappa shape index (κ2) is 7.94. The molecule has 0 bridgehead atoms. The second-order valence-electron chi connectivity index (χ2n) is 7.97. The van der Waals surface area contributed by atoms with Gasteiger partial charge in [-0.2, -0.15) is 0 Å². The van der Waals surface area contributed by atoms with Crippen LogP contribution in [0.1, 0.15) is 47.5 Å². The van der Waals surface area contributed by atoms with Crippen LogP contribution < -0.4 is 0 Å². The van der Waals surface area contributed by atoms with Gasteiger partial charge >= 0.3 is 0 Å². The summed E-state index contributed by atoms with van der Waals surface area (Å²) in [6.45, 7) is 18.6. The van der Waals surface area contributed by atoms with Crippen LogP contribution >= 0.6 is 0 Å². The molecule has 1 atom stereocenters. The molecule has 0 aromatic heterocycles. The molecule has 3 nitrogen and oxygen atoms in total. The number of nitrogens with zero attached hydrogens (tertiary/aromatic N) is 2. The molecule has 2 aliphatic heterocycles. The molecule has 2 fully saturated rings. The minimum absolute atomic E-state index is 0.502. The minimum atomic E-state index is 0.502. The summed E-state index contributed by atoms with van der Waals surface area (Å²) in [5.74, 6) is 2.32. The summed E-state index contributed by atoms with van der Waals surface area (Å²) in [7, 11) is 0. The van der Waals surface area contributed by atoms with E-state index >= 15 is 0 Å². The smallest absolute Gasteiger partial charge is 0.0828 e. The van der Waals surface area contributed by atoms with E-state index in [0.29, 0.717) is 12.0 Å². The van der Waals surface area contributed by atoms with E-state index in [9.17, 15) is 0 Å². The predicted molar refractivity (Wildman–Crippen MR) is 89.6 cm³/mol. The van der Waals surface area contributed by atoms with Crippen molar-refractivity contribution in [3.63, 3.8) is 0 Å². The molecular formula is C18H36N2O. The van der Waals surface area contributed by atoms with Crippen molar-refractivity contribution in [2.45, 2.75) is 59.6 Å². The van der Waals surface area contributed by atoms with Crippen LogP contribution in [0.15, 0.2) is 0 Å². The monoisotopic (exact) mass is 296 g/mol. The lowest BCUT2D eigenvalue weighted by atomic mass is 9.94. The first-order valence-electron chi connectivity index (χ1n) is 9.03. The van der Waals surface area contributed by atoms with Gasteiger partial charge in [-0.1, -0.05) is 20.8 Å². The third-order valence-corrected chi connectivity index (χ3v) is 5.55. The molecule has 0 N–H and O–H groups in total. The molecule has 2 rings (SSSR count). The highest BCUT2D eigenvalue weighted by molar-refractivity contribution is 4.84. The fraction of sp³-hybridized carbons (Fsp3) is 1.00. The molecule has 0 radical (unpaired) electrons. The van der Waals surface area contributed by atoms with Crippen molar-refractivity contribution in [3.8, 4) is 0 Å². The number of ether oxygens (including phenoxy) is 1. The van der Waals surface area contributed by atoms with Crippen molar-refractivity contribution < 1.29 is 4.74 Å². The Labute approximate surface area is 132 Å². The third-order valence-electron chi connectivity index (χ3n) is 5.55. The molecule has 0 aromatic rings. The Morgan fingerprint density at radius 2 is 1.62 bits per heavy atom. The summed E-state index contributed by atoms with van der Waals surface area (Å²) in [6.07, 6.45) is 3.26. The summed E-state index contributed by atoms with van der Waals surface area (Å²) in [5, 5.41) is 0. The largest absolute Gasteiger partial charge is 0.375 e. The van der Waals surface area contributed by atoms with Crippen LogP contribution in [0.5, 0.6) is 0 Å². The Morgan fingerprint density at radius 1 is 1.00 bits per heavy atom. The first kappa shape index (κ1) is 17.2. The molecule has 0 aromatic carbocycles. The molecule has 2 aliphatic rings. The highest BCUT2D eigenvalue weighted by atomic mass is 16.5. The topological polar surface area (TPSA) is 15.7 Å². The van der Waals surface area contributed by atoms with Crippen molar-refractivity contribution >= 4 is 0 Å². The molecule has 1 unspecified atom stereocenters. The number of rotatable bonds is 7. The molecule has 2 saturated heterocycles. The van der Waals surface area contributed by atoms with Gasteiger partial charge in [-0.15, -0.1) is 0 Å². The Morgan fingerprint density at radius 3 is 2.14 bits per heavy atom. The van der Waals surface area contributed by atoms with E-state index in [1.807, 2.05) is 0 Å². The molecule has 2 heterocycles. The van der Waals surface area contributed by atoms with Gasteiger partial charge in [0.2, 0.25) is 0 Å².